The first-order valence-corrected chi connectivity index (χ1v) is 11.3. The highest BCUT2D eigenvalue weighted by Crippen LogP contribution is 2.74. The minimum absolute atomic E-state index is 0.658. The van der Waals surface area contributed by atoms with Gasteiger partial charge < -0.3 is 8.42 Å². The van der Waals surface area contributed by atoms with Gasteiger partial charge in [0.25, 0.3) is 0 Å². The van der Waals surface area contributed by atoms with E-state index in [0.29, 0.717) is 5.54 Å². The van der Waals surface area contributed by atoms with Gasteiger partial charge in [0.2, 0.25) is 0 Å². The Labute approximate surface area is 132 Å². The van der Waals surface area contributed by atoms with Gasteiger partial charge >= 0.3 is 0 Å². The average Bonchev–Trinajstić information content (AvgIpc) is 3.16. The van der Waals surface area contributed by atoms with E-state index in [1.54, 1.807) is 0 Å². The lowest BCUT2D eigenvalue weighted by molar-refractivity contribution is 0.0705. The standard InChI is InChI=1S/C16H26O3SSi/c1-7-2-9-10(3-7)12-6-11(9)15-8-4-13(16(12)15)14(5-8)21-19-20(17)18/h7-16H,2-6,21H2,1H3,(H,17,18)/p-1. The summed E-state index contributed by atoms with van der Waals surface area (Å²) in [5, 5.41) is 0. The molecule has 0 heterocycles. The van der Waals surface area contributed by atoms with Gasteiger partial charge in [-0.15, -0.1) is 0 Å². The molecule has 0 aliphatic heterocycles. The van der Waals surface area contributed by atoms with Gasteiger partial charge in [-0.05, 0) is 90.9 Å². The molecule has 0 aromatic heterocycles. The van der Waals surface area contributed by atoms with Crippen molar-refractivity contribution in [3.05, 3.63) is 0 Å². The Kier molecular flexibility index (Phi) is 3.03. The summed E-state index contributed by atoms with van der Waals surface area (Å²) in [6.07, 6.45) is 7.21. The molecule has 0 aromatic rings. The third kappa shape index (κ3) is 1.81. The predicted octanol–water partition coefficient (Wildman–Crippen LogP) is 2.25. The van der Waals surface area contributed by atoms with Crippen molar-refractivity contribution in [1.29, 1.82) is 0 Å². The molecule has 5 heteroatoms. The van der Waals surface area contributed by atoms with Crippen molar-refractivity contribution in [2.24, 2.45) is 53.3 Å². The zero-order valence-electron chi connectivity index (χ0n) is 12.6. The van der Waals surface area contributed by atoms with E-state index in [4.69, 9.17) is 3.87 Å². The van der Waals surface area contributed by atoms with E-state index in [-0.39, 0.29) is 0 Å². The van der Waals surface area contributed by atoms with Gasteiger partial charge in [0.1, 0.15) is 0 Å². The van der Waals surface area contributed by atoms with E-state index in [2.05, 4.69) is 6.92 Å². The van der Waals surface area contributed by atoms with Crippen molar-refractivity contribution in [3.8, 4) is 0 Å². The zero-order chi connectivity index (χ0) is 14.3. The minimum Gasteiger partial charge on any atom is -0.750 e. The molecule has 3 nitrogen and oxygen atoms in total. The normalized spacial score (nSPS) is 61.8. The number of hydrogen-bond acceptors (Lipinski definition) is 3. The summed E-state index contributed by atoms with van der Waals surface area (Å²) in [5.41, 5.74) is 0.658. The number of hydrogen-bond donors (Lipinski definition) is 0. The van der Waals surface area contributed by atoms with Crippen molar-refractivity contribution in [2.75, 3.05) is 0 Å². The van der Waals surface area contributed by atoms with Crippen molar-refractivity contribution in [3.63, 3.8) is 0 Å². The molecule has 0 saturated heterocycles. The molecule has 0 radical (unpaired) electrons. The van der Waals surface area contributed by atoms with Gasteiger partial charge in [0.15, 0.2) is 9.76 Å². The van der Waals surface area contributed by atoms with E-state index in [1.807, 2.05) is 0 Å². The van der Waals surface area contributed by atoms with Crippen LogP contribution in [0, 0.1) is 53.3 Å². The molecule has 21 heavy (non-hydrogen) atoms. The largest absolute Gasteiger partial charge is 0.750 e. The van der Waals surface area contributed by atoms with Crippen LogP contribution in [0.15, 0.2) is 0 Å². The van der Waals surface area contributed by atoms with E-state index in [0.717, 1.165) is 53.3 Å². The Morgan fingerprint density at radius 2 is 1.67 bits per heavy atom. The van der Waals surface area contributed by atoms with Crippen molar-refractivity contribution in [1.82, 2.24) is 0 Å². The van der Waals surface area contributed by atoms with Crippen LogP contribution in [0.5, 0.6) is 0 Å². The molecule has 5 fully saturated rings. The second-order valence-corrected chi connectivity index (χ2v) is 11.5. The highest BCUT2D eigenvalue weighted by atomic mass is 32.2. The van der Waals surface area contributed by atoms with Gasteiger partial charge in [-0.3, -0.25) is 0 Å². The van der Waals surface area contributed by atoms with Crippen molar-refractivity contribution < 1.29 is 12.6 Å². The molecule has 11 atom stereocenters. The maximum Gasteiger partial charge on any atom is 0.186 e. The summed E-state index contributed by atoms with van der Waals surface area (Å²) >= 11 is -2.27. The molecular weight excluding hydrogens is 300 g/mol. The summed E-state index contributed by atoms with van der Waals surface area (Å²) in [6, 6.07) is 0. The lowest BCUT2D eigenvalue weighted by Crippen LogP contribution is -2.38. The Morgan fingerprint density at radius 3 is 2.38 bits per heavy atom. The van der Waals surface area contributed by atoms with E-state index >= 15 is 0 Å². The van der Waals surface area contributed by atoms with Crippen LogP contribution in [0.1, 0.15) is 39.0 Å². The third-order valence-electron chi connectivity index (χ3n) is 8.18. The lowest BCUT2D eigenvalue weighted by Gasteiger charge is -2.43. The van der Waals surface area contributed by atoms with Gasteiger partial charge in [-0.1, -0.05) is 6.92 Å². The van der Waals surface area contributed by atoms with Crippen LogP contribution in [0.25, 0.3) is 0 Å². The fourth-order valence-corrected chi connectivity index (χ4v) is 10.5. The fraction of sp³-hybridized carbons (Fsp3) is 1.00. The Bertz CT molecular complexity index is 486. The predicted molar refractivity (Wildman–Crippen MR) is 82.5 cm³/mol. The highest BCUT2D eigenvalue weighted by Gasteiger charge is 2.68. The molecular formula is C16H25O3SSi-. The van der Waals surface area contributed by atoms with Crippen LogP contribution in [0.2, 0.25) is 5.54 Å². The second kappa shape index (κ2) is 4.65. The van der Waals surface area contributed by atoms with Crippen LogP contribution < -0.4 is 0 Å². The first-order chi connectivity index (χ1) is 10.1. The summed E-state index contributed by atoms with van der Waals surface area (Å²) in [5.74, 6) is 8.83. The van der Waals surface area contributed by atoms with Crippen molar-refractivity contribution in [2.45, 2.75) is 44.6 Å². The Balaban J connectivity index is 1.37. The number of rotatable bonds is 3. The quantitative estimate of drug-likeness (QED) is 0.454. The van der Waals surface area contributed by atoms with Crippen LogP contribution in [0.4, 0.5) is 0 Å². The molecule has 5 aliphatic carbocycles. The molecule has 5 saturated carbocycles. The Morgan fingerprint density at radius 1 is 0.952 bits per heavy atom. The molecule has 0 amide bonds. The van der Waals surface area contributed by atoms with Crippen LogP contribution in [-0.2, 0) is 15.2 Å². The SMILES string of the molecule is CC1CC2C(C1)C1CC2C2C3CC([SiH2]OS(=O)[O-])C(C3)C12. The van der Waals surface area contributed by atoms with Gasteiger partial charge in [0.05, 0.1) is 11.4 Å². The average molecular weight is 326 g/mol. The molecule has 118 valence electrons. The maximum absolute atomic E-state index is 10.7. The van der Waals surface area contributed by atoms with Gasteiger partial charge in [0, 0.05) is 0 Å². The molecule has 4 bridgehead atoms. The topological polar surface area (TPSA) is 49.4 Å². The first-order valence-electron chi connectivity index (χ1n) is 8.86. The molecule has 0 aromatic carbocycles. The van der Waals surface area contributed by atoms with Crippen LogP contribution >= 0.6 is 0 Å². The molecule has 5 aliphatic rings. The summed E-state index contributed by atoms with van der Waals surface area (Å²) in [6.45, 7) is 2.45. The first kappa shape index (κ1) is 13.7. The highest BCUT2D eigenvalue weighted by molar-refractivity contribution is 7.74. The Hall–Kier alpha value is 0.287. The van der Waals surface area contributed by atoms with Crippen LogP contribution in [-0.4, -0.2) is 18.5 Å². The maximum atomic E-state index is 10.7. The minimum atomic E-state index is -2.27. The summed E-state index contributed by atoms with van der Waals surface area (Å²) in [7, 11) is -0.883. The zero-order valence-corrected chi connectivity index (χ0v) is 14.9. The lowest BCUT2D eigenvalue weighted by atomic mass is 9.64. The second-order valence-electron chi connectivity index (χ2n) is 8.77. The van der Waals surface area contributed by atoms with Crippen LogP contribution in [0.3, 0.4) is 0 Å². The molecule has 11 unspecified atom stereocenters. The van der Waals surface area contributed by atoms with Gasteiger partial charge in [-0.25, -0.2) is 4.21 Å². The summed E-state index contributed by atoms with van der Waals surface area (Å²) in [4.78, 5) is 0. The van der Waals surface area contributed by atoms with Crippen molar-refractivity contribution >= 4 is 21.1 Å². The van der Waals surface area contributed by atoms with E-state index < -0.39 is 21.1 Å². The van der Waals surface area contributed by atoms with E-state index in [9.17, 15) is 8.76 Å². The monoisotopic (exact) mass is 325 g/mol. The molecule has 0 spiro atoms. The molecule has 0 N–H and O–H groups in total. The smallest absolute Gasteiger partial charge is 0.186 e. The molecule has 5 rings (SSSR count). The van der Waals surface area contributed by atoms with E-state index in [1.165, 1.54) is 32.1 Å². The third-order valence-corrected chi connectivity index (χ3v) is 10.9. The van der Waals surface area contributed by atoms with Gasteiger partial charge in [-0.2, -0.15) is 0 Å². The summed E-state index contributed by atoms with van der Waals surface area (Å²) < 4.78 is 26.5. The fourth-order valence-electron chi connectivity index (χ4n) is 8.07. The number of fused-ring (bicyclic) bond motifs is 12.